The predicted molar refractivity (Wildman–Crippen MR) is 180 cm³/mol. The molecule has 10 nitrogen and oxygen atoms in total. The van der Waals surface area contributed by atoms with Crippen LogP contribution in [0, 0.1) is 51.2 Å². The smallest absolute Gasteiger partial charge is 0.416 e. The van der Waals surface area contributed by atoms with Crippen LogP contribution in [-0.4, -0.2) is 64.0 Å². The van der Waals surface area contributed by atoms with Gasteiger partial charge in [0.25, 0.3) is 0 Å². The van der Waals surface area contributed by atoms with E-state index in [0.717, 1.165) is 44.3 Å². The first-order valence-corrected chi connectivity index (χ1v) is 17.7. The summed E-state index contributed by atoms with van der Waals surface area (Å²) in [4.78, 5) is 34.3. The molecule has 0 spiro atoms. The van der Waals surface area contributed by atoms with Crippen molar-refractivity contribution in [2.24, 2.45) is 39.9 Å². The Bertz CT molecular complexity index is 1460. The zero-order valence-corrected chi connectivity index (χ0v) is 30.4. The molecule has 3 aliphatic rings. The van der Waals surface area contributed by atoms with Crippen molar-refractivity contribution in [3.05, 3.63) is 17.0 Å². The number of aromatic amines is 1. The van der Waals surface area contributed by atoms with Crippen LogP contribution in [0.25, 0.3) is 5.65 Å². The summed E-state index contributed by atoms with van der Waals surface area (Å²) >= 11 is 0. The normalized spacial score (nSPS) is 27.8. The molecule has 2 aliphatic carbocycles. The molecule has 2 aromatic rings. The molecule has 2 atom stereocenters. The molecule has 2 aromatic heterocycles. The molecule has 260 valence electrons. The first-order valence-electron chi connectivity index (χ1n) is 17.7. The molecule has 3 fully saturated rings. The Labute approximate surface area is 280 Å². The quantitative estimate of drug-likeness (QED) is 0.333. The summed E-state index contributed by atoms with van der Waals surface area (Å²) in [6.45, 7) is 24.1. The van der Waals surface area contributed by atoms with Gasteiger partial charge in [-0.05, 0) is 66.6 Å². The molecule has 10 heteroatoms. The van der Waals surface area contributed by atoms with Crippen LogP contribution in [0.4, 0.5) is 4.79 Å². The molecule has 47 heavy (non-hydrogen) atoms. The maximum absolute atomic E-state index is 14.5. The van der Waals surface area contributed by atoms with Crippen LogP contribution in [0.2, 0.25) is 0 Å². The number of amides is 1. The molecule has 0 aromatic carbocycles. The molecular weight excluding hydrogens is 594 g/mol. The van der Waals surface area contributed by atoms with E-state index in [1.807, 2.05) is 0 Å². The third-order valence-corrected chi connectivity index (χ3v) is 11.2. The van der Waals surface area contributed by atoms with E-state index in [0.29, 0.717) is 38.1 Å². The lowest BCUT2D eigenvalue weighted by atomic mass is 9.59. The summed E-state index contributed by atoms with van der Waals surface area (Å²) < 4.78 is 19.4. The zero-order chi connectivity index (χ0) is 34.5. The number of hydrogen-bond acceptors (Lipinski definition) is 7. The Balaban J connectivity index is 1.55. The van der Waals surface area contributed by atoms with Crippen molar-refractivity contribution in [1.82, 2.24) is 19.5 Å². The minimum Gasteiger partial charge on any atom is -0.458 e. The van der Waals surface area contributed by atoms with E-state index in [-0.39, 0.29) is 62.8 Å². The van der Waals surface area contributed by atoms with Gasteiger partial charge in [0, 0.05) is 30.8 Å². The average Bonchev–Trinajstić information content (AvgIpc) is 3.54. The number of hydrogen-bond donors (Lipinski definition) is 1. The first kappa shape index (κ1) is 35.3. The molecule has 1 N–H and O–H groups in total. The van der Waals surface area contributed by atoms with Crippen LogP contribution in [0.15, 0.2) is 0 Å². The second kappa shape index (κ2) is 13.1. The number of morpholine rings is 1. The van der Waals surface area contributed by atoms with Gasteiger partial charge in [-0.25, -0.2) is 19.1 Å². The van der Waals surface area contributed by atoms with Crippen LogP contribution in [-0.2, 0) is 9.47 Å². The van der Waals surface area contributed by atoms with Gasteiger partial charge in [-0.3, -0.25) is 5.10 Å². The summed E-state index contributed by atoms with van der Waals surface area (Å²) in [5.74, 6) is 1.69. The Morgan fingerprint density at radius 1 is 0.915 bits per heavy atom. The molecule has 2 saturated carbocycles. The SMILES string of the molecule is CC1CC(C(C)(C)C)C(OC(=O)c2c(C#N)c(OC(=O)N3CCOCC3)n3[nH]c(C4CCC(C(C)(C)C)CC4)nc23)C(C(C)(C)C)C1. The summed E-state index contributed by atoms with van der Waals surface area (Å²) in [7, 11) is 0. The highest BCUT2D eigenvalue weighted by molar-refractivity contribution is 6.00. The van der Waals surface area contributed by atoms with Crippen molar-refractivity contribution in [3.63, 3.8) is 0 Å². The lowest BCUT2D eigenvalue weighted by Crippen LogP contribution is -2.49. The second-order valence-corrected chi connectivity index (χ2v) is 17.7. The van der Waals surface area contributed by atoms with Crippen molar-refractivity contribution < 1.29 is 23.8 Å². The largest absolute Gasteiger partial charge is 0.458 e. The van der Waals surface area contributed by atoms with E-state index in [9.17, 15) is 14.9 Å². The van der Waals surface area contributed by atoms with Crippen molar-refractivity contribution in [2.75, 3.05) is 26.3 Å². The Kier molecular flexibility index (Phi) is 9.82. The van der Waals surface area contributed by atoms with E-state index in [1.54, 1.807) is 4.90 Å². The van der Waals surface area contributed by atoms with E-state index in [1.165, 1.54) is 4.52 Å². The fraction of sp³-hybridized carbons (Fsp3) is 0.784. The standard InChI is InChI=1S/C37H57N5O5/c1-22-19-26(36(5,6)7)29(27(20-22)37(8,9)10)46-33(43)28-25(21-38)32(47-34(44)41-15-17-45-18-16-41)42-31(28)39-30(40-42)23-11-13-24(14-12-23)35(2,3)4/h22-24,26-27,29H,11-20H2,1-10H3,(H,39,40). The molecule has 1 aliphatic heterocycles. The van der Waals surface area contributed by atoms with E-state index >= 15 is 0 Å². The van der Waals surface area contributed by atoms with Crippen LogP contribution in [0.5, 0.6) is 5.88 Å². The van der Waals surface area contributed by atoms with Crippen molar-refractivity contribution in [2.45, 2.75) is 120 Å². The molecule has 2 unspecified atom stereocenters. The molecule has 1 amide bonds. The van der Waals surface area contributed by atoms with E-state index in [4.69, 9.17) is 19.2 Å². The Morgan fingerprint density at radius 2 is 1.49 bits per heavy atom. The number of rotatable bonds is 4. The van der Waals surface area contributed by atoms with Crippen LogP contribution in [0.1, 0.15) is 135 Å². The third-order valence-electron chi connectivity index (χ3n) is 11.2. The number of nitriles is 1. The van der Waals surface area contributed by atoms with Gasteiger partial charge in [-0.2, -0.15) is 5.26 Å². The van der Waals surface area contributed by atoms with Gasteiger partial charge in [-0.15, -0.1) is 0 Å². The highest BCUT2D eigenvalue weighted by atomic mass is 16.6. The molecule has 3 heterocycles. The fourth-order valence-corrected chi connectivity index (χ4v) is 8.26. The highest BCUT2D eigenvalue weighted by Crippen LogP contribution is 2.50. The van der Waals surface area contributed by atoms with Crippen LogP contribution >= 0.6 is 0 Å². The van der Waals surface area contributed by atoms with E-state index < -0.39 is 12.1 Å². The lowest BCUT2D eigenvalue weighted by molar-refractivity contribution is -0.0922. The van der Waals surface area contributed by atoms with Crippen molar-refractivity contribution >= 4 is 17.7 Å². The minimum absolute atomic E-state index is 0.0231. The van der Waals surface area contributed by atoms with Crippen LogP contribution < -0.4 is 4.74 Å². The number of esters is 1. The summed E-state index contributed by atoms with van der Waals surface area (Å²) in [6, 6.07) is 2.18. The van der Waals surface area contributed by atoms with Gasteiger partial charge < -0.3 is 19.1 Å². The maximum Gasteiger partial charge on any atom is 0.416 e. The Hall–Kier alpha value is -3.06. The average molecular weight is 652 g/mol. The summed E-state index contributed by atoms with van der Waals surface area (Å²) in [5, 5.41) is 13.8. The predicted octanol–water partition coefficient (Wildman–Crippen LogP) is 7.96. The van der Waals surface area contributed by atoms with Gasteiger partial charge >= 0.3 is 12.1 Å². The number of aromatic nitrogens is 3. The number of fused-ring (bicyclic) bond motifs is 1. The molecule has 0 radical (unpaired) electrons. The molecular formula is C37H57N5O5. The second-order valence-electron chi connectivity index (χ2n) is 17.7. The number of H-pyrrole nitrogens is 1. The number of nitrogens with one attached hydrogen (secondary N) is 1. The summed E-state index contributed by atoms with van der Waals surface area (Å²) in [6.07, 6.45) is 5.08. The number of carbonyl (C=O) groups is 2. The highest BCUT2D eigenvalue weighted by Gasteiger charge is 2.48. The van der Waals surface area contributed by atoms with Crippen LogP contribution in [0.3, 0.4) is 0 Å². The van der Waals surface area contributed by atoms with Crippen molar-refractivity contribution in [1.29, 1.82) is 5.26 Å². The maximum atomic E-state index is 14.5. The monoisotopic (exact) mass is 651 g/mol. The van der Waals surface area contributed by atoms with Gasteiger partial charge in [0.1, 0.15) is 29.1 Å². The zero-order valence-electron chi connectivity index (χ0n) is 30.4. The van der Waals surface area contributed by atoms with Gasteiger partial charge in [0.2, 0.25) is 5.88 Å². The van der Waals surface area contributed by atoms with Gasteiger partial charge in [0.15, 0.2) is 5.65 Å². The van der Waals surface area contributed by atoms with Gasteiger partial charge in [-0.1, -0.05) is 69.2 Å². The lowest BCUT2D eigenvalue weighted by Gasteiger charge is -2.50. The summed E-state index contributed by atoms with van der Waals surface area (Å²) in [5.41, 5.74) is 0.341. The number of nitrogens with zero attached hydrogens (tertiary/aromatic N) is 4. The first-order chi connectivity index (χ1) is 21.9. The number of carbonyl (C=O) groups excluding carboxylic acids is 2. The van der Waals surface area contributed by atoms with E-state index in [2.05, 4.69) is 80.4 Å². The fourth-order valence-electron chi connectivity index (χ4n) is 8.26. The topological polar surface area (TPSA) is 122 Å². The molecule has 0 bridgehead atoms. The van der Waals surface area contributed by atoms with Gasteiger partial charge in [0.05, 0.1) is 13.2 Å². The number of ether oxygens (including phenoxy) is 3. The minimum atomic E-state index is -0.592. The molecule has 1 saturated heterocycles. The van der Waals surface area contributed by atoms with Crippen molar-refractivity contribution in [3.8, 4) is 11.9 Å². The third kappa shape index (κ3) is 7.35. The Morgan fingerprint density at radius 3 is 2.00 bits per heavy atom. The molecule has 5 rings (SSSR count).